The molecule has 0 aromatic heterocycles. The van der Waals surface area contributed by atoms with Crippen LogP contribution in [0.25, 0.3) is 0 Å². The summed E-state index contributed by atoms with van der Waals surface area (Å²) in [4.78, 5) is 23.2. The Morgan fingerprint density at radius 3 is 2.43 bits per heavy atom. The van der Waals surface area contributed by atoms with Crippen molar-refractivity contribution in [2.45, 2.75) is 25.3 Å². The molecule has 2 N–H and O–H groups in total. The third-order valence-corrected chi connectivity index (χ3v) is 3.93. The molecule has 128 valence electrons. The largest absolute Gasteiger partial charge is 1.00 e. The topological polar surface area (TPSA) is 78.4 Å². The second-order valence-electron chi connectivity index (χ2n) is 5.28. The van der Waals surface area contributed by atoms with Gasteiger partial charge in [0.15, 0.2) is 11.5 Å². The first-order valence-corrected chi connectivity index (χ1v) is 7.25. The molecule has 1 aromatic rings. The van der Waals surface area contributed by atoms with Crippen LogP contribution in [-0.4, -0.2) is 39.6 Å². The molecule has 1 heterocycles. The van der Waals surface area contributed by atoms with Crippen molar-refractivity contribution in [3.05, 3.63) is 23.3 Å². The summed E-state index contributed by atoms with van der Waals surface area (Å²) in [5, 5.41) is 2.13. The van der Waals surface area contributed by atoms with E-state index in [-0.39, 0.29) is 30.7 Å². The Morgan fingerprint density at radius 2 is 1.83 bits per heavy atom. The predicted molar refractivity (Wildman–Crippen MR) is 79.0 cm³/mol. The predicted octanol–water partition coefficient (Wildman–Crippen LogP) is -2.61. The van der Waals surface area contributed by atoms with Gasteiger partial charge in [0.1, 0.15) is 18.2 Å². The van der Waals surface area contributed by atoms with E-state index >= 15 is 0 Å². The van der Waals surface area contributed by atoms with Crippen LogP contribution in [0.15, 0.2) is 12.1 Å². The molecule has 1 unspecified atom stereocenters. The molecule has 0 spiro atoms. The van der Waals surface area contributed by atoms with Gasteiger partial charge in [-0.25, -0.2) is 0 Å². The van der Waals surface area contributed by atoms with Gasteiger partial charge in [0.05, 0.1) is 34.3 Å². The van der Waals surface area contributed by atoms with Crippen LogP contribution in [0.3, 0.4) is 0 Å². The number of esters is 1. The summed E-state index contributed by atoms with van der Waals surface area (Å²) in [6.07, 6.45) is 1.04. The number of rotatable bonds is 6. The number of ether oxygens (including phenoxy) is 3. The molecule has 0 saturated carbocycles. The fourth-order valence-electron chi connectivity index (χ4n) is 2.81. The number of carbonyl (C=O) groups is 2. The van der Waals surface area contributed by atoms with Crippen molar-refractivity contribution in [3.8, 4) is 11.5 Å². The minimum Gasteiger partial charge on any atom is -1.00 e. The van der Waals surface area contributed by atoms with Crippen molar-refractivity contribution in [2.24, 2.45) is 0 Å². The number of fused-ring (bicyclic) bond motifs is 1. The maximum Gasteiger partial charge on any atom is 0.313 e. The van der Waals surface area contributed by atoms with Crippen molar-refractivity contribution in [1.29, 1.82) is 0 Å². The average molecular weight is 344 g/mol. The minimum atomic E-state index is -0.492. The lowest BCUT2D eigenvalue weighted by Crippen LogP contribution is -3.00. The summed E-state index contributed by atoms with van der Waals surface area (Å²) in [7, 11) is 4.49. The molecule has 0 aliphatic carbocycles. The van der Waals surface area contributed by atoms with Crippen LogP contribution >= 0.6 is 0 Å². The number of halogens is 1. The lowest BCUT2D eigenvalue weighted by molar-refractivity contribution is -0.698. The van der Waals surface area contributed by atoms with Crippen LogP contribution in [0.5, 0.6) is 11.5 Å². The number of Topliss-reactive ketones (excluding diaryl/α,β-unsaturated/α-hetero) is 1. The summed E-state index contributed by atoms with van der Waals surface area (Å²) >= 11 is 0. The van der Waals surface area contributed by atoms with Gasteiger partial charge in [0, 0.05) is 12.0 Å². The second kappa shape index (κ2) is 8.74. The van der Waals surface area contributed by atoms with E-state index in [9.17, 15) is 9.59 Å². The van der Waals surface area contributed by atoms with Crippen molar-refractivity contribution in [2.75, 3.05) is 27.9 Å². The smallest absolute Gasteiger partial charge is 0.313 e. The van der Waals surface area contributed by atoms with Crippen LogP contribution in [0.4, 0.5) is 0 Å². The zero-order chi connectivity index (χ0) is 16.1. The Morgan fingerprint density at radius 1 is 1.17 bits per heavy atom. The molecule has 0 amide bonds. The average Bonchev–Trinajstić information content (AvgIpc) is 2.53. The van der Waals surface area contributed by atoms with Gasteiger partial charge in [-0.1, -0.05) is 0 Å². The summed E-state index contributed by atoms with van der Waals surface area (Å²) in [6, 6.07) is 3.90. The highest BCUT2D eigenvalue weighted by Crippen LogP contribution is 2.34. The van der Waals surface area contributed by atoms with Crippen LogP contribution < -0.4 is 27.2 Å². The summed E-state index contributed by atoms with van der Waals surface area (Å²) in [5.74, 6) is 0.744. The summed E-state index contributed by atoms with van der Waals surface area (Å²) in [6.45, 7) is 0.901. The molecular weight excluding hydrogens is 322 g/mol. The number of nitrogens with two attached hydrogens (primary N) is 1. The van der Waals surface area contributed by atoms with E-state index in [1.165, 1.54) is 7.11 Å². The lowest BCUT2D eigenvalue weighted by Gasteiger charge is -2.25. The molecule has 0 radical (unpaired) electrons. The van der Waals surface area contributed by atoms with E-state index in [0.717, 1.165) is 24.1 Å². The molecule has 1 aliphatic heterocycles. The first-order valence-electron chi connectivity index (χ1n) is 7.25. The van der Waals surface area contributed by atoms with Gasteiger partial charge in [-0.3, -0.25) is 9.59 Å². The van der Waals surface area contributed by atoms with Crippen LogP contribution in [0, 0.1) is 0 Å². The molecule has 6 nitrogen and oxygen atoms in total. The standard InChI is InChI=1S/C16H21NO5.ClH/c1-20-14-6-10-4-5-17-13(12(10)9-15(14)21-2)7-11(18)8-16(19)22-3;/h6,9,13,17H,4-5,7-8H2,1-3H3;1H. The first kappa shape index (κ1) is 19.3. The van der Waals surface area contributed by atoms with Gasteiger partial charge >= 0.3 is 5.97 Å². The monoisotopic (exact) mass is 343 g/mol. The zero-order valence-electron chi connectivity index (χ0n) is 13.6. The van der Waals surface area contributed by atoms with E-state index in [2.05, 4.69) is 10.1 Å². The highest BCUT2D eigenvalue weighted by molar-refractivity contribution is 5.95. The Bertz CT molecular complexity index is 576. The first-order chi connectivity index (χ1) is 10.6. The lowest BCUT2D eigenvalue weighted by atomic mass is 9.90. The van der Waals surface area contributed by atoms with Crippen molar-refractivity contribution < 1.29 is 41.5 Å². The highest BCUT2D eigenvalue weighted by atomic mass is 35.5. The third kappa shape index (κ3) is 4.59. The number of benzene rings is 1. The van der Waals surface area contributed by atoms with Crippen molar-refractivity contribution in [3.63, 3.8) is 0 Å². The number of hydrogen-bond acceptors (Lipinski definition) is 5. The maximum atomic E-state index is 12.0. The van der Waals surface area contributed by atoms with Gasteiger partial charge in [-0.05, 0) is 17.7 Å². The second-order valence-corrected chi connectivity index (χ2v) is 5.28. The van der Waals surface area contributed by atoms with E-state index < -0.39 is 5.97 Å². The highest BCUT2D eigenvalue weighted by Gasteiger charge is 2.28. The summed E-state index contributed by atoms with van der Waals surface area (Å²) in [5.41, 5.74) is 2.23. The van der Waals surface area contributed by atoms with Gasteiger partial charge < -0.3 is 31.9 Å². The van der Waals surface area contributed by atoms with Crippen LogP contribution in [0.1, 0.15) is 30.0 Å². The molecular formula is C16H22ClNO5. The molecule has 23 heavy (non-hydrogen) atoms. The Balaban J connectivity index is 0.00000264. The molecule has 2 rings (SSSR count). The molecule has 1 aliphatic rings. The number of quaternary nitrogens is 1. The molecule has 0 fully saturated rings. The number of ketones is 1. The minimum absolute atomic E-state index is 0. The summed E-state index contributed by atoms with van der Waals surface area (Å²) < 4.78 is 15.2. The molecule has 0 bridgehead atoms. The quantitative estimate of drug-likeness (QED) is 0.452. The molecule has 1 atom stereocenters. The van der Waals surface area contributed by atoms with Gasteiger partial charge in [-0.2, -0.15) is 0 Å². The SMILES string of the molecule is COC(=O)CC(=O)CC1[NH2+]CCc2cc(OC)c(OC)cc21.[Cl-]. The number of hydrogen-bond donors (Lipinski definition) is 1. The van der Waals surface area contributed by atoms with E-state index in [1.807, 2.05) is 12.1 Å². The van der Waals surface area contributed by atoms with E-state index in [0.29, 0.717) is 17.9 Å². The number of carbonyl (C=O) groups excluding carboxylic acids is 2. The van der Waals surface area contributed by atoms with E-state index in [4.69, 9.17) is 9.47 Å². The number of methoxy groups -OCH3 is 3. The van der Waals surface area contributed by atoms with Crippen molar-refractivity contribution in [1.82, 2.24) is 0 Å². The third-order valence-electron chi connectivity index (χ3n) is 3.93. The maximum absolute atomic E-state index is 12.0. The van der Waals surface area contributed by atoms with Gasteiger partial charge in [0.25, 0.3) is 0 Å². The zero-order valence-corrected chi connectivity index (χ0v) is 14.3. The molecule has 0 saturated heterocycles. The van der Waals surface area contributed by atoms with Crippen molar-refractivity contribution >= 4 is 11.8 Å². The van der Waals surface area contributed by atoms with E-state index in [1.54, 1.807) is 14.2 Å². The fourth-order valence-corrected chi connectivity index (χ4v) is 2.81. The van der Waals surface area contributed by atoms with Gasteiger partial charge in [-0.15, -0.1) is 0 Å². The Hall–Kier alpha value is -1.79. The molecule has 1 aromatic carbocycles. The fraction of sp³-hybridized carbons (Fsp3) is 0.500. The molecule has 7 heteroatoms. The van der Waals surface area contributed by atoms with Crippen LogP contribution in [-0.2, 0) is 20.7 Å². The Labute approximate surface area is 141 Å². The van der Waals surface area contributed by atoms with Crippen LogP contribution in [0.2, 0.25) is 0 Å². The van der Waals surface area contributed by atoms with Gasteiger partial charge in [0.2, 0.25) is 0 Å². The normalized spacial score (nSPS) is 15.9. The Kier molecular flexibility index (Phi) is 7.32.